The van der Waals surface area contributed by atoms with Crippen molar-refractivity contribution in [3.05, 3.63) is 29.6 Å². The molecule has 0 radical (unpaired) electrons. The molecule has 1 aromatic rings. The third-order valence-corrected chi connectivity index (χ3v) is 4.96. The second-order valence-electron chi connectivity index (χ2n) is 5.23. The van der Waals surface area contributed by atoms with Crippen LogP contribution in [0.25, 0.3) is 0 Å². The number of aromatic nitrogens is 1. The van der Waals surface area contributed by atoms with E-state index in [0.717, 1.165) is 22.6 Å². The zero-order valence-electron chi connectivity index (χ0n) is 11.6. The maximum atomic E-state index is 11.3. The molecule has 0 bridgehead atoms. The molecule has 19 heavy (non-hydrogen) atoms. The molecule has 0 N–H and O–H groups in total. The van der Waals surface area contributed by atoms with Crippen LogP contribution in [0, 0.1) is 5.92 Å². The van der Waals surface area contributed by atoms with Gasteiger partial charge in [0.1, 0.15) is 0 Å². The molecule has 1 aliphatic carbocycles. The Kier molecular flexibility index (Phi) is 5.25. The largest absolute Gasteiger partial charge is 0.465 e. The number of hydrogen-bond donors (Lipinski definition) is 0. The van der Waals surface area contributed by atoms with Crippen molar-refractivity contribution in [2.24, 2.45) is 5.92 Å². The number of rotatable bonds is 4. The van der Waals surface area contributed by atoms with Crippen LogP contribution >= 0.6 is 11.8 Å². The molecule has 1 saturated carbocycles. The quantitative estimate of drug-likeness (QED) is 0.788. The summed E-state index contributed by atoms with van der Waals surface area (Å²) in [4.78, 5) is 15.6. The second kappa shape index (κ2) is 6.94. The molecule has 2 rings (SSSR count). The predicted molar refractivity (Wildman–Crippen MR) is 78.3 cm³/mol. The van der Waals surface area contributed by atoms with E-state index in [0.29, 0.717) is 5.56 Å². The molecule has 1 fully saturated rings. The van der Waals surface area contributed by atoms with Gasteiger partial charge < -0.3 is 4.74 Å². The average molecular weight is 279 g/mol. The standard InChI is InChI=1S/C15H21NO2S/c1-11-4-3-5-14(8-11)19-10-13-7-6-12(9-16-13)15(17)18-2/h6-7,9,11,14H,3-5,8,10H2,1-2H3. The van der Waals surface area contributed by atoms with Gasteiger partial charge >= 0.3 is 5.97 Å². The highest BCUT2D eigenvalue weighted by Crippen LogP contribution is 2.33. The first kappa shape index (κ1) is 14.4. The van der Waals surface area contributed by atoms with E-state index in [1.54, 1.807) is 12.3 Å². The van der Waals surface area contributed by atoms with Gasteiger partial charge in [0.25, 0.3) is 0 Å². The number of carbonyl (C=O) groups is 1. The summed E-state index contributed by atoms with van der Waals surface area (Å²) in [6.45, 7) is 2.34. The minimum Gasteiger partial charge on any atom is -0.465 e. The summed E-state index contributed by atoms with van der Waals surface area (Å²) in [5.74, 6) is 1.47. The van der Waals surface area contributed by atoms with Crippen LogP contribution < -0.4 is 0 Å². The van der Waals surface area contributed by atoms with Gasteiger partial charge in [-0.05, 0) is 30.9 Å². The molecule has 0 saturated heterocycles. The molecule has 104 valence electrons. The fourth-order valence-corrected chi connectivity index (χ4v) is 3.86. The van der Waals surface area contributed by atoms with Crippen molar-refractivity contribution in [1.29, 1.82) is 0 Å². The highest BCUT2D eigenvalue weighted by molar-refractivity contribution is 7.99. The van der Waals surface area contributed by atoms with Crippen molar-refractivity contribution in [3.8, 4) is 0 Å². The summed E-state index contributed by atoms with van der Waals surface area (Å²) < 4.78 is 4.66. The lowest BCUT2D eigenvalue weighted by molar-refractivity contribution is 0.0600. The Hall–Kier alpha value is -1.03. The second-order valence-corrected chi connectivity index (χ2v) is 6.52. The highest BCUT2D eigenvalue weighted by atomic mass is 32.2. The molecule has 2 unspecified atom stereocenters. The zero-order valence-corrected chi connectivity index (χ0v) is 12.4. The van der Waals surface area contributed by atoms with Gasteiger partial charge in [0.15, 0.2) is 0 Å². The van der Waals surface area contributed by atoms with E-state index in [-0.39, 0.29) is 5.97 Å². The Morgan fingerprint density at radius 3 is 2.95 bits per heavy atom. The number of methoxy groups -OCH3 is 1. The number of esters is 1. The Morgan fingerprint density at radius 2 is 2.32 bits per heavy atom. The number of pyridine rings is 1. The summed E-state index contributed by atoms with van der Waals surface area (Å²) in [5.41, 5.74) is 1.55. The summed E-state index contributed by atoms with van der Waals surface area (Å²) in [7, 11) is 1.39. The zero-order chi connectivity index (χ0) is 13.7. The SMILES string of the molecule is COC(=O)c1ccc(CSC2CCCC(C)C2)nc1. The molecule has 0 amide bonds. The maximum Gasteiger partial charge on any atom is 0.339 e. The molecule has 2 atom stereocenters. The van der Waals surface area contributed by atoms with Gasteiger partial charge in [-0.2, -0.15) is 11.8 Å². The fraction of sp³-hybridized carbons (Fsp3) is 0.600. The first-order chi connectivity index (χ1) is 9.19. The fourth-order valence-electron chi connectivity index (χ4n) is 2.48. The Labute approximate surface area is 119 Å². The highest BCUT2D eigenvalue weighted by Gasteiger charge is 2.19. The van der Waals surface area contributed by atoms with Gasteiger partial charge in [0.05, 0.1) is 18.4 Å². The van der Waals surface area contributed by atoms with E-state index in [9.17, 15) is 4.79 Å². The molecule has 1 aromatic heterocycles. The van der Waals surface area contributed by atoms with E-state index < -0.39 is 0 Å². The molecule has 0 aliphatic heterocycles. The van der Waals surface area contributed by atoms with Gasteiger partial charge in [-0.3, -0.25) is 4.98 Å². The monoisotopic (exact) mass is 279 g/mol. The Balaban J connectivity index is 1.84. The molecule has 0 spiro atoms. The summed E-state index contributed by atoms with van der Waals surface area (Å²) in [5, 5.41) is 0.769. The maximum absolute atomic E-state index is 11.3. The lowest BCUT2D eigenvalue weighted by Crippen LogP contribution is -2.15. The molecular weight excluding hydrogens is 258 g/mol. The van der Waals surface area contributed by atoms with Crippen LogP contribution in [0.4, 0.5) is 0 Å². The minimum absolute atomic E-state index is 0.326. The lowest BCUT2D eigenvalue weighted by Gasteiger charge is -2.26. The number of thioether (sulfide) groups is 1. The van der Waals surface area contributed by atoms with Crippen molar-refractivity contribution in [2.45, 2.75) is 43.6 Å². The molecule has 4 heteroatoms. The van der Waals surface area contributed by atoms with Crippen LogP contribution in [0.3, 0.4) is 0 Å². The van der Waals surface area contributed by atoms with Crippen LogP contribution in [0.2, 0.25) is 0 Å². The number of hydrogen-bond acceptors (Lipinski definition) is 4. The minimum atomic E-state index is -0.326. The van der Waals surface area contributed by atoms with Gasteiger partial charge in [-0.1, -0.05) is 19.8 Å². The lowest BCUT2D eigenvalue weighted by atomic mass is 9.91. The van der Waals surface area contributed by atoms with Crippen molar-refractivity contribution in [2.75, 3.05) is 7.11 Å². The van der Waals surface area contributed by atoms with Crippen LogP contribution in [0.15, 0.2) is 18.3 Å². The first-order valence-corrected chi connectivity index (χ1v) is 7.88. The summed E-state index contributed by atoms with van der Waals surface area (Å²) in [6, 6.07) is 3.71. The van der Waals surface area contributed by atoms with Crippen LogP contribution in [0.1, 0.15) is 48.7 Å². The van der Waals surface area contributed by atoms with E-state index >= 15 is 0 Å². The number of ether oxygens (including phenoxy) is 1. The molecular formula is C15H21NO2S. The number of carbonyl (C=O) groups excluding carboxylic acids is 1. The van der Waals surface area contributed by atoms with Crippen molar-refractivity contribution < 1.29 is 9.53 Å². The third kappa shape index (κ3) is 4.23. The van der Waals surface area contributed by atoms with Gasteiger partial charge in [-0.25, -0.2) is 4.79 Å². The predicted octanol–water partition coefficient (Wildman–Crippen LogP) is 3.68. The van der Waals surface area contributed by atoms with E-state index in [4.69, 9.17) is 0 Å². The van der Waals surface area contributed by atoms with Gasteiger partial charge in [0, 0.05) is 17.2 Å². The van der Waals surface area contributed by atoms with Crippen LogP contribution in [-0.2, 0) is 10.5 Å². The van der Waals surface area contributed by atoms with E-state index in [2.05, 4.69) is 16.6 Å². The van der Waals surface area contributed by atoms with Crippen LogP contribution in [0.5, 0.6) is 0 Å². The van der Waals surface area contributed by atoms with Gasteiger partial charge in [-0.15, -0.1) is 0 Å². The van der Waals surface area contributed by atoms with Gasteiger partial charge in [0.2, 0.25) is 0 Å². The van der Waals surface area contributed by atoms with E-state index in [1.807, 2.05) is 17.8 Å². The number of nitrogens with zero attached hydrogens (tertiary/aromatic N) is 1. The van der Waals surface area contributed by atoms with Crippen molar-refractivity contribution >= 4 is 17.7 Å². The Morgan fingerprint density at radius 1 is 1.47 bits per heavy atom. The molecule has 3 nitrogen and oxygen atoms in total. The summed E-state index contributed by atoms with van der Waals surface area (Å²) in [6.07, 6.45) is 6.99. The molecule has 1 heterocycles. The topological polar surface area (TPSA) is 39.2 Å². The smallest absolute Gasteiger partial charge is 0.339 e. The van der Waals surface area contributed by atoms with Crippen molar-refractivity contribution in [1.82, 2.24) is 4.98 Å². The van der Waals surface area contributed by atoms with E-state index in [1.165, 1.54) is 32.8 Å². The molecule has 1 aliphatic rings. The van der Waals surface area contributed by atoms with Crippen LogP contribution in [-0.4, -0.2) is 23.3 Å². The summed E-state index contributed by atoms with van der Waals surface area (Å²) >= 11 is 2.00. The van der Waals surface area contributed by atoms with Crippen molar-refractivity contribution in [3.63, 3.8) is 0 Å². The Bertz CT molecular complexity index is 419. The first-order valence-electron chi connectivity index (χ1n) is 6.84. The average Bonchev–Trinajstić information content (AvgIpc) is 2.45. The normalized spacial score (nSPS) is 23.1. The third-order valence-electron chi connectivity index (χ3n) is 3.60. The molecule has 0 aromatic carbocycles.